The van der Waals surface area contributed by atoms with E-state index < -0.39 is 5.91 Å². The van der Waals surface area contributed by atoms with Gasteiger partial charge in [0.2, 0.25) is 0 Å². The predicted octanol–water partition coefficient (Wildman–Crippen LogP) is 2.69. The number of carbonyl (C=O) groups excluding carboxylic acids is 2. The molecular formula is C22H25N5O3. The second-order valence-electron chi connectivity index (χ2n) is 7.00. The second kappa shape index (κ2) is 10.2. The number of hydrogen-bond donors (Lipinski definition) is 2. The van der Waals surface area contributed by atoms with Gasteiger partial charge in [-0.1, -0.05) is 65.3 Å². The first-order valence-corrected chi connectivity index (χ1v) is 9.70. The lowest BCUT2D eigenvalue weighted by Gasteiger charge is -2.17. The van der Waals surface area contributed by atoms with E-state index in [1.54, 1.807) is 11.9 Å². The third kappa shape index (κ3) is 6.16. The van der Waals surface area contributed by atoms with Crippen LogP contribution in [0.2, 0.25) is 0 Å². The summed E-state index contributed by atoms with van der Waals surface area (Å²) in [4.78, 5) is 30.0. The van der Waals surface area contributed by atoms with Crippen LogP contribution in [0.1, 0.15) is 33.2 Å². The molecule has 1 heterocycles. The Morgan fingerprint density at radius 1 is 0.967 bits per heavy atom. The molecule has 2 N–H and O–H groups in total. The number of carbonyl (C=O) groups is 2. The van der Waals surface area contributed by atoms with Crippen molar-refractivity contribution >= 4 is 11.9 Å². The summed E-state index contributed by atoms with van der Waals surface area (Å²) in [5.74, 6) is -0.146. The summed E-state index contributed by atoms with van der Waals surface area (Å²) in [6, 6.07) is 17.3. The molecule has 0 saturated heterocycles. The molecule has 2 aromatic carbocycles. The summed E-state index contributed by atoms with van der Waals surface area (Å²) < 4.78 is 5.03. The molecule has 0 aliphatic rings. The fourth-order valence-corrected chi connectivity index (χ4v) is 2.69. The van der Waals surface area contributed by atoms with Gasteiger partial charge in [0.15, 0.2) is 5.82 Å². The molecule has 0 aliphatic carbocycles. The van der Waals surface area contributed by atoms with Crippen molar-refractivity contribution in [3.63, 3.8) is 0 Å². The molecule has 30 heavy (non-hydrogen) atoms. The van der Waals surface area contributed by atoms with Gasteiger partial charge in [-0.05, 0) is 18.1 Å². The molecule has 8 nitrogen and oxygen atoms in total. The molecule has 3 rings (SSSR count). The molecule has 0 radical (unpaired) electrons. The first-order chi connectivity index (χ1) is 14.5. The van der Waals surface area contributed by atoms with Gasteiger partial charge in [-0.15, -0.1) is 0 Å². The summed E-state index contributed by atoms with van der Waals surface area (Å²) in [6.45, 7) is 3.25. The van der Waals surface area contributed by atoms with Crippen LogP contribution in [0, 0.1) is 6.92 Å². The number of likely N-dealkylation sites (N-methyl/N-ethyl adjacent to an activating group) is 1. The highest BCUT2D eigenvalue weighted by molar-refractivity contribution is 5.89. The van der Waals surface area contributed by atoms with Gasteiger partial charge in [-0.3, -0.25) is 4.79 Å². The minimum Gasteiger partial charge on any atom is -0.344 e. The van der Waals surface area contributed by atoms with Crippen molar-refractivity contribution in [3.05, 3.63) is 83.0 Å². The van der Waals surface area contributed by atoms with Gasteiger partial charge in [-0.25, -0.2) is 4.79 Å². The summed E-state index contributed by atoms with van der Waals surface area (Å²) >= 11 is 0. The zero-order valence-electron chi connectivity index (χ0n) is 17.1. The fraction of sp³-hybridized carbons (Fsp3) is 0.273. The number of hydrogen-bond acceptors (Lipinski definition) is 5. The molecular weight excluding hydrogens is 382 g/mol. The van der Waals surface area contributed by atoms with E-state index in [0.29, 0.717) is 31.9 Å². The third-order valence-electron chi connectivity index (χ3n) is 4.54. The Morgan fingerprint density at radius 3 is 2.37 bits per heavy atom. The standard InChI is InChI=1S/C22H25N5O3/c1-16-8-10-18(11-9-16)15-24-22(29)27(2)13-12-19-25-21(30-26-19)20(28)23-14-17-6-4-3-5-7-17/h3-11H,12-15H2,1-2H3,(H,23,28)(H,24,29). The minimum atomic E-state index is -0.429. The number of rotatable bonds is 8. The van der Waals surface area contributed by atoms with Crippen LogP contribution in [0.3, 0.4) is 0 Å². The number of aryl methyl sites for hydroxylation is 1. The second-order valence-corrected chi connectivity index (χ2v) is 7.00. The van der Waals surface area contributed by atoms with Crippen molar-refractivity contribution in [2.45, 2.75) is 26.4 Å². The normalized spacial score (nSPS) is 10.5. The van der Waals surface area contributed by atoms with E-state index >= 15 is 0 Å². The van der Waals surface area contributed by atoms with E-state index in [4.69, 9.17) is 4.52 Å². The molecule has 3 amide bonds. The molecule has 0 fully saturated rings. The average molecular weight is 407 g/mol. The number of urea groups is 1. The molecule has 0 saturated carbocycles. The molecule has 0 aliphatic heterocycles. The first kappa shape index (κ1) is 21.0. The lowest BCUT2D eigenvalue weighted by molar-refractivity contribution is 0.0907. The molecule has 0 unspecified atom stereocenters. The summed E-state index contributed by atoms with van der Waals surface area (Å²) in [7, 11) is 1.69. The molecule has 0 bridgehead atoms. The van der Waals surface area contributed by atoms with Crippen LogP contribution in [-0.2, 0) is 19.5 Å². The van der Waals surface area contributed by atoms with Crippen molar-refractivity contribution in [3.8, 4) is 0 Å². The van der Waals surface area contributed by atoms with Gasteiger partial charge in [-0.2, -0.15) is 4.98 Å². The fourth-order valence-electron chi connectivity index (χ4n) is 2.69. The van der Waals surface area contributed by atoms with Gasteiger partial charge < -0.3 is 20.1 Å². The third-order valence-corrected chi connectivity index (χ3v) is 4.54. The quantitative estimate of drug-likeness (QED) is 0.598. The monoisotopic (exact) mass is 407 g/mol. The predicted molar refractivity (Wildman–Crippen MR) is 112 cm³/mol. The molecule has 3 aromatic rings. The van der Waals surface area contributed by atoms with Crippen LogP contribution in [-0.4, -0.2) is 40.6 Å². The maximum absolute atomic E-state index is 12.2. The minimum absolute atomic E-state index is 0.0904. The van der Waals surface area contributed by atoms with Crippen LogP contribution >= 0.6 is 0 Å². The zero-order valence-corrected chi connectivity index (χ0v) is 17.1. The van der Waals surface area contributed by atoms with Crippen LogP contribution in [0.4, 0.5) is 4.79 Å². The van der Waals surface area contributed by atoms with Crippen LogP contribution in [0.25, 0.3) is 0 Å². The number of aromatic nitrogens is 2. The number of nitrogens with zero attached hydrogens (tertiary/aromatic N) is 3. The van der Waals surface area contributed by atoms with Crippen molar-refractivity contribution in [1.82, 2.24) is 25.7 Å². The topological polar surface area (TPSA) is 100 Å². The largest absolute Gasteiger partial charge is 0.344 e. The Balaban J connectivity index is 1.42. The smallest absolute Gasteiger partial charge is 0.317 e. The van der Waals surface area contributed by atoms with E-state index in [2.05, 4.69) is 20.8 Å². The summed E-state index contributed by atoms with van der Waals surface area (Å²) in [5, 5.41) is 9.43. The van der Waals surface area contributed by atoms with E-state index in [1.165, 1.54) is 5.56 Å². The average Bonchev–Trinajstić information content (AvgIpc) is 3.25. The highest BCUT2D eigenvalue weighted by atomic mass is 16.5. The van der Waals surface area contributed by atoms with Crippen LogP contribution in [0.15, 0.2) is 59.1 Å². The van der Waals surface area contributed by atoms with Gasteiger partial charge in [0.1, 0.15) is 0 Å². The number of benzene rings is 2. The molecule has 156 valence electrons. The van der Waals surface area contributed by atoms with Gasteiger partial charge in [0.25, 0.3) is 0 Å². The first-order valence-electron chi connectivity index (χ1n) is 9.70. The molecule has 0 atom stereocenters. The van der Waals surface area contributed by atoms with Crippen LogP contribution in [0.5, 0.6) is 0 Å². The maximum atomic E-state index is 12.2. The Morgan fingerprint density at radius 2 is 1.63 bits per heavy atom. The maximum Gasteiger partial charge on any atom is 0.317 e. The van der Waals surface area contributed by atoms with Gasteiger partial charge in [0, 0.05) is 33.1 Å². The SMILES string of the molecule is Cc1ccc(CNC(=O)N(C)CCc2noc(C(=O)NCc3ccccc3)n2)cc1. The number of amides is 3. The Bertz CT molecular complexity index is 970. The highest BCUT2D eigenvalue weighted by Crippen LogP contribution is 2.04. The van der Waals surface area contributed by atoms with E-state index in [0.717, 1.165) is 11.1 Å². The number of nitrogens with one attached hydrogen (secondary N) is 2. The molecule has 0 spiro atoms. The molecule has 8 heteroatoms. The van der Waals surface area contributed by atoms with E-state index in [-0.39, 0.29) is 11.9 Å². The van der Waals surface area contributed by atoms with Crippen molar-refractivity contribution < 1.29 is 14.1 Å². The van der Waals surface area contributed by atoms with Crippen LogP contribution < -0.4 is 10.6 Å². The van der Waals surface area contributed by atoms with E-state index in [1.807, 2.05) is 61.5 Å². The van der Waals surface area contributed by atoms with Crippen molar-refractivity contribution in [2.75, 3.05) is 13.6 Å². The van der Waals surface area contributed by atoms with Crippen molar-refractivity contribution in [1.29, 1.82) is 0 Å². The van der Waals surface area contributed by atoms with Gasteiger partial charge >= 0.3 is 17.8 Å². The highest BCUT2D eigenvalue weighted by Gasteiger charge is 2.16. The van der Waals surface area contributed by atoms with Crippen molar-refractivity contribution in [2.24, 2.45) is 0 Å². The Hall–Kier alpha value is -3.68. The zero-order chi connectivity index (χ0) is 21.3. The molecule has 1 aromatic heterocycles. The van der Waals surface area contributed by atoms with E-state index in [9.17, 15) is 9.59 Å². The summed E-state index contributed by atoms with van der Waals surface area (Å²) in [6.07, 6.45) is 0.379. The lowest BCUT2D eigenvalue weighted by atomic mass is 10.1. The summed E-state index contributed by atoms with van der Waals surface area (Å²) in [5.41, 5.74) is 3.19. The lowest BCUT2D eigenvalue weighted by Crippen LogP contribution is -2.38. The Kier molecular flexibility index (Phi) is 7.15. The van der Waals surface area contributed by atoms with Gasteiger partial charge in [0.05, 0.1) is 0 Å². The Labute approximate surface area is 175 Å².